The number of benzene rings is 1. The van der Waals surface area contributed by atoms with Crippen molar-refractivity contribution in [2.45, 2.75) is 32.4 Å². The minimum atomic E-state index is -0.228. The minimum Gasteiger partial charge on any atom is -0.378 e. The first kappa shape index (κ1) is 21.9. The number of anilines is 1. The van der Waals surface area contributed by atoms with Crippen molar-refractivity contribution in [3.8, 4) is 0 Å². The molecule has 1 atom stereocenters. The van der Waals surface area contributed by atoms with Gasteiger partial charge in [-0.2, -0.15) is 0 Å². The van der Waals surface area contributed by atoms with E-state index >= 15 is 0 Å². The maximum atomic E-state index is 12.6. The van der Waals surface area contributed by atoms with E-state index in [9.17, 15) is 4.79 Å². The van der Waals surface area contributed by atoms with Crippen LogP contribution < -0.4 is 10.2 Å². The lowest BCUT2D eigenvalue weighted by Gasteiger charge is -2.37. The summed E-state index contributed by atoms with van der Waals surface area (Å²) in [6, 6.07) is 8.68. The Balaban J connectivity index is 1.31. The summed E-state index contributed by atoms with van der Waals surface area (Å²) in [5.74, 6) is 1.07. The van der Waals surface area contributed by atoms with Crippen LogP contribution in [0.15, 0.2) is 29.3 Å². The smallest absolute Gasteiger partial charge is 0.251 e. The van der Waals surface area contributed by atoms with Crippen LogP contribution in [0.25, 0.3) is 0 Å². The number of guanidine groups is 1. The number of aliphatic imine (C=N–C) groups is 1. The molecular weight excluding hydrogens is 394 g/mol. The van der Waals surface area contributed by atoms with Gasteiger partial charge in [-0.3, -0.25) is 4.79 Å². The van der Waals surface area contributed by atoms with E-state index < -0.39 is 0 Å². The third kappa shape index (κ3) is 5.68. The maximum absolute atomic E-state index is 12.6. The zero-order chi connectivity index (χ0) is 21.5. The van der Waals surface area contributed by atoms with Crippen LogP contribution in [0.3, 0.4) is 0 Å². The van der Waals surface area contributed by atoms with Crippen LogP contribution >= 0.6 is 0 Å². The monoisotopic (exact) mass is 429 g/mol. The molecule has 3 saturated heterocycles. The highest BCUT2D eigenvalue weighted by Gasteiger charge is 2.30. The number of carbonyl (C=O) groups excluding carboxylic acids is 1. The van der Waals surface area contributed by atoms with Crippen LogP contribution in [0.1, 0.15) is 25.3 Å². The molecule has 1 amide bonds. The highest BCUT2D eigenvalue weighted by Crippen LogP contribution is 2.18. The van der Waals surface area contributed by atoms with E-state index in [0.29, 0.717) is 13.2 Å². The first-order chi connectivity index (χ1) is 15.2. The Labute approximate surface area is 185 Å². The van der Waals surface area contributed by atoms with Crippen LogP contribution in [0, 0.1) is 0 Å². The molecule has 4 rings (SSSR count). The molecule has 0 saturated carbocycles. The lowest BCUT2D eigenvalue weighted by Crippen LogP contribution is -2.55. The molecular formula is C23H35N5O3. The third-order valence-electron chi connectivity index (χ3n) is 6.15. The van der Waals surface area contributed by atoms with Gasteiger partial charge < -0.3 is 29.5 Å². The molecule has 170 valence electrons. The van der Waals surface area contributed by atoms with Crippen molar-refractivity contribution in [1.29, 1.82) is 0 Å². The second-order valence-corrected chi connectivity index (χ2v) is 8.25. The van der Waals surface area contributed by atoms with Crippen molar-refractivity contribution in [2.24, 2.45) is 4.99 Å². The molecule has 0 bridgehead atoms. The van der Waals surface area contributed by atoms with E-state index in [2.05, 4.69) is 46.3 Å². The predicted octanol–water partition coefficient (Wildman–Crippen LogP) is 1.31. The average Bonchev–Trinajstić information content (AvgIpc) is 3.37. The largest absolute Gasteiger partial charge is 0.378 e. The summed E-state index contributed by atoms with van der Waals surface area (Å²) in [5.41, 5.74) is 2.44. The number of rotatable bonds is 5. The Morgan fingerprint density at radius 3 is 2.39 bits per heavy atom. The van der Waals surface area contributed by atoms with Crippen LogP contribution in [0.4, 0.5) is 5.69 Å². The number of amides is 1. The quantitative estimate of drug-likeness (QED) is 0.562. The van der Waals surface area contributed by atoms with E-state index in [1.54, 1.807) is 0 Å². The predicted molar refractivity (Wildman–Crippen MR) is 121 cm³/mol. The van der Waals surface area contributed by atoms with Gasteiger partial charge in [-0.25, -0.2) is 4.99 Å². The fraction of sp³-hybridized carbons (Fsp3) is 0.652. The fourth-order valence-electron chi connectivity index (χ4n) is 4.34. The van der Waals surface area contributed by atoms with E-state index in [0.717, 1.165) is 77.8 Å². The SMILES string of the molecule is CCNC(=NCc1ccc(N2CCOCC2)cc1)N1CCN(C(=O)C2CCCO2)CC1. The topological polar surface area (TPSA) is 69.6 Å². The number of hydrogen-bond donors (Lipinski definition) is 1. The molecule has 0 aromatic heterocycles. The average molecular weight is 430 g/mol. The molecule has 8 nitrogen and oxygen atoms in total. The normalized spacial score (nSPS) is 22.7. The second-order valence-electron chi connectivity index (χ2n) is 8.25. The molecule has 0 spiro atoms. The van der Waals surface area contributed by atoms with Crippen LogP contribution in [0.5, 0.6) is 0 Å². The number of hydrogen-bond acceptors (Lipinski definition) is 5. The number of morpholine rings is 1. The van der Waals surface area contributed by atoms with Crippen molar-refractivity contribution < 1.29 is 14.3 Å². The summed E-state index contributed by atoms with van der Waals surface area (Å²) in [7, 11) is 0. The van der Waals surface area contributed by atoms with Gasteiger partial charge in [0.05, 0.1) is 19.8 Å². The Hall–Kier alpha value is -2.32. The van der Waals surface area contributed by atoms with Crippen LogP contribution in [-0.2, 0) is 20.8 Å². The zero-order valence-electron chi connectivity index (χ0n) is 18.6. The molecule has 8 heteroatoms. The van der Waals surface area contributed by atoms with Gasteiger partial charge in [0.1, 0.15) is 6.10 Å². The van der Waals surface area contributed by atoms with Crippen molar-refractivity contribution >= 4 is 17.6 Å². The fourth-order valence-corrected chi connectivity index (χ4v) is 4.34. The number of nitrogens with zero attached hydrogens (tertiary/aromatic N) is 4. The standard InChI is InChI=1S/C23H35N5O3/c1-2-24-23(28-11-9-27(10-12-28)22(29)21-4-3-15-31-21)25-18-19-5-7-20(8-6-19)26-13-16-30-17-14-26/h5-8,21H,2-4,9-18H2,1H3,(H,24,25). The molecule has 3 fully saturated rings. The van der Waals surface area contributed by atoms with Gasteiger partial charge in [0.25, 0.3) is 5.91 Å². The molecule has 1 aromatic rings. The van der Waals surface area contributed by atoms with Gasteiger partial charge in [0, 0.05) is 58.1 Å². The van der Waals surface area contributed by atoms with Crippen molar-refractivity contribution in [2.75, 3.05) is 70.5 Å². The number of piperazine rings is 1. The van der Waals surface area contributed by atoms with E-state index in [-0.39, 0.29) is 12.0 Å². The van der Waals surface area contributed by atoms with Gasteiger partial charge in [-0.05, 0) is 37.5 Å². The van der Waals surface area contributed by atoms with Gasteiger partial charge in [0.2, 0.25) is 0 Å². The Bertz CT molecular complexity index is 734. The second kappa shape index (κ2) is 10.8. The molecule has 31 heavy (non-hydrogen) atoms. The Kier molecular flexibility index (Phi) is 7.64. The highest BCUT2D eigenvalue weighted by atomic mass is 16.5. The van der Waals surface area contributed by atoms with Crippen LogP contribution in [0.2, 0.25) is 0 Å². The van der Waals surface area contributed by atoms with Crippen molar-refractivity contribution in [1.82, 2.24) is 15.1 Å². The Morgan fingerprint density at radius 1 is 1.03 bits per heavy atom. The summed E-state index contributed by atoms with van der Waals surface area (Å²) < 4.78 is 11.0. The molecule has 3 heterocycles. The van der Waals surface area contributed by atoms with Crippen LogP contribution in [-0.4, -0.2) is 93.4 Å². The first-order valence-corrected chi connectivity index (χ1v) is 11.6. The van der Waals surface area contributed by atoms with Crippen molar-refractivity contribution in [3.63, 3.8) is 0 Å². The van der Waals surface area contributed by atoms with E-state index in [4.69, 9.17) is 14.5 Å². The summed E-state index contributed by atoms with van der Waals surface area (Å²) in [5, 5.41) is 3.41. The molecule has 0 radical (unpaired) electrons. The molecule has 3 aliphatic rings. The Morgan fingerprint density at radius 2 is 1.74 bits per heavy atom. The van der Waals surface area contributed by atoms with Gasteiger partial charge >= 0.3 is 0 Å². The molecule has 1 aromatic carbocycles. The zero-order valence-corrected chi connectivity index (χ0v) is 18.6. The van der Waals surface area contributed by atoms with Gasteiger partial charge in [0.15, 0.2) is 5.96 Å². The molecule has 0 aliphatic carbocycles. The third-order valence-corrected chi connectivity index (χ3v) is 6.15. The lowest BCUT2D eigenvalue weighted by molar-refractivity contribution is -0.142. The summed E-state index contributed by atoms with van der Waals surface area (Å²) >= 11 is 0. The summed E-state index contributed by atoms with van der Waals surface area (Å²) in [6.07, 6.45) is 1.61. The maximum Gasteiger partial charge on any atom is 0.251 e. The molecule has 1 N–H and O–H groups in total. The summed E-state index contributed by atoms with van der Waals surface area (Å²) in [4.78, 5) is 24.0. The van der Waals surface area contributed by atoms with Gasteiger partial charge in [-0.1, -0.05) is 12.1 Å². The van der Waals surface area contributed by atoms with Gasteiger partial charge in [-0.15, -0.1) is 0 Å². The van der Waals surface area contributed by atoms with E-state index in [1.165, 1.54) is 11.3 Å². The first-order valence-electron chi connectivity index (χ1n) is 11.6. The van der Waals surface area contributed by atoms with Crippen molar-refractivity contribution in [3.05, 3.63) is 29.8 Å². The lowest BCUT2D eigenvalue weighted by atomic mass is 10.2. The number of ether oxygens (including phenoxy) is 2. The molecule has 3 aliphatic heterocycles. The highest BCUT2D eigenvalue weighted by molar-refractivity contribution is 5.82. The summed E-state index contributed by atoms with van der Waals surface area (Å²) in [6.45, 7) is 10.8. The van der Waals surface area contributed by atoms with E-state index in [1.807, 2.05) is 4.90 Å². The number of carbonyl (C=O) groups is 1. The molecule has 1 unspecified atom stereocenters. The minimum absolute atomic E-state index is 0.152. The number of nitrogens with one attached hydrogen (secondary N) is 1.